The summed E-state index contributed by atoms with van der Waals surface area (Å²) in [7, 11) is 0. The summed E-state index contributed by atoms with van der Waals surface area (Å²) in [5.74, 6) is -0.0238. The number of amides is 1. The van der Waals surface area contributed by atoms with Gasteiger partial charge in [-0.2, -0.15) is 0 Å². The minimum absolute atomic E-state index is 0.0238. The maximum atomic E-state index is 12.1. The average molecular weight is 395 g/mol. The summed E-state index contributed by atoms with van der Waals surface area (Å²) < 4.78 is 0. The van der Waals surface area contributed by atoms with E-state index in [1.165, 1.54) is 22.0 Å². The molecule has 3 rings (SSSR count). The fraction of sp³-hybridized carbons (Fsp3) is 0.647. The molecule has 2 aromatic rings. The molecule has 1 aliphatic heterocycles. The molecule has 1 amide bonds. The third-order valence-corrected chi connectivity index (χ3v) is 5.87. The van der Waals surface area contributed by atoms with E-state index in [-0.39, 0.29) is 11.3 Å². The van der Waals surface area contributed by atoms with Crippen molar-refractivity contribution in [2.75, 3.05) is 38.0 Å². The van der Waals surface area contributed by atoms with Crippen LogP contribution in [0.25, 0.3) is 0 Å². The van der Waals surface area contributed by atoms with Crippen molar-refractivity contribution in [1.29, 1.82) is 0 Å². The van der Waals surface area contributed by atoms with Gasteiger partial charge in [0.2, 0.25) is 11.0 Å². The highest BCUT2D eigenvalue weighted by Gasteiger charge is 2.22. The first-order valence-electron chi connectivity index (χ1n) is 8.79. The summed E-state index contributed by atoms with van der Waals surface area (Å²) in [6, 6.07) is 0. The Morgan fingerprint density at radius 2 is 1.88 bits per heavy atom. The lowest BCUT2D eigenvalue weighted by Crippen LogP contribution is -2.48. The molecule has 7 nitrogen and oxygen atoms in total. The van der Waals surface area contributed by atoms with Crippen molar-refractivity contribution in [3.05, 3.63) is 21.1 Å². The summed E-state index contributed by atoms with van der Waals surface area (Å²) in [6.45, 7) is 13.4. The van der Waals surface area contributed by atoms with E-state index in [1.54, 1.807) is 11.3 Å². The molecule has 1 N–H and O–H groups in total. The number of piperazine rings is 1. The Balaban J connectivity index is 1.42. The van der Waals surface area contributed by atoms with Crippen molar-refractivity contribution in [3.63, 3.8) is 0 Å². The highest BCUT2D eigenvalue weighted by atomic mass is 32.1. The quantitative estimate of drug-likeness (QED) is 0.839. The van der Waals surface area contributed by atoms with E-state index in [4.69, 9.17) is 4.98 Å². The fourth-order valence-corrected chi connectivity index (χ4v) is 4.40. The van der Waals surface area contributed by atoms with E-state index in [0.717, 1.165) is 37.7 Å². The molecule has 0 aromatic carbocycles. The smallest absolute Gasteiger partial charge is 0.240 e. The van der Waals surface area contributed by atoms with Crippen LogP contribution in [0.2, 0.25) is 0 Å². The SMILES string of the molecule is Cc1nnc(NC(=O)CN2CCN(Cc3nc(C(C)(C)C)cs3)CC2)s1. The van der Waals surface area contributed by atoms with Gasteiger partial charge in [0.1, 0.15) is 10.0 Å². The highest BCUT2D eigenvalue weighted by molar-refractivity contribution is 7.15. The van der Waals surface area contributed by atoms with Gasteiger partial charge >= 0.3 is 0 Å². The lowest BCUT2D eigenvalue weighted by atomic mass is 9.93. The molecule has 26 heavy (non-hydrogen) atoms. The molecule has 0 aliphatic carbocycles. The van der Waals surface area contributed by atoms with Gasteiger partial charge in [-0.15, -0.1) is 21.5 Å². The number of nitrogens with one attached hydrogen (secondary N) is 1. The molecule has 0 radical (unpaired) electrons. The topological polar surface area (TPSA) is 74.2 Å². The summed E-state index contributed by atoms with van der Waals surface area (Å²) in [6.07, 6.45) is 0. The number of carbonyl (C=O) groups excluding carboxylic acids is 1. The largest absolute Gasteiger partial charge is 0.299 e. The van der Waals surface area contributed by atoms with Crippen LogP contribution in [0.4, 0.5) is 5.13 Å². The molecule has 0 bridgehead atoms. The predicted molar refractivity (Wildman–Crippen MR) is 106 cm³/mol. The number of anilines is 1. The lowest BCUT2D eigenvalue weighted by Gasteiger charge is -2.33. The van der Waals surface area contributed by atoms with Crippen LogP contribution in [0.15, 0.2) is 5.38 Å². The molecule has 142 valence electrons. The van der Waals surface area contributed by atoms with Crippen LogP contribution in [0, 0.1) is 6.92 Å². The molecule has 0 saturated carbocycles. The zero-order valence-electron chi connectivity index (χ0n) is 15.8. The lowest BCUT2D eigenvalue weighted by molar-refractivity contribution is -0.117. The Kier molecular flexibility index (Phi) is 6.01. The van der Waals surface area contributed by atoms with E-state index in [0.29, 0.717) is 11.7 Å². The van der Waals surface area contributed by atoms with Gasteiger partial charge < -0.3 is 0 Å². The molecular weight excluding hydrogens is 368 g/mol. The van der Waals surface area contributed by atoms with Crippen molar-refractivity contribution in [2.45, 2.75) is 39.7 Å². The first-order valence-corrected chi connectivity index (χ1v) is 10.5. The molecule has 0 spiro atoms. The Hall–Kier alpha value is -1.42. The van der Waals surface area contributed by atoms with Crippen LogP contribution in [-0.4, -0.2) is 63.6 Å². The van der Waals surface area contributed by atoms with Gasteiger partial charge in [0.15, 0.2) is 0 Å². The van der Waals surface area contributed by atoms with Crippen LogP contribution in [-0.2, 0) is 16.8 Å². The Morgan fingerprint density at radius 3 is 2.46 bits per heavy atom. The van der Waals surface area contributed by atoms with Crippen molar-refractivity contribution < 1.29 is 4.79 Å². The summed E-state index contributed by atoms with van der Waals surface area (Å²) >= 11 is 3.14. The number of rotatable bonds is 5. The van der Waals surface area contributed by atoms with Gasteiger partial charge in [-0.05, 0) is 6.92 Å². The highest BCUT2D eigenvalue weighted by Crippen LogP contribution is 2.24. The number of nitrogens with zero attached hydrogens (tertiary/aromatic N) is 5. The van der Waals surface area contributed by atoms with Gasteiger partial charge in [0.05, 0.1) is 18.8 Å². The minimum Gasteiger partial charge on any atom is -0.299 e. The zero-order valence-corrected chi connectivity index (χ0v) is 17.4. The molecule has 3 heterocycles. The second-order valence-electron chi connectivity index (χ2n) is 7.60. The number of thiazole rings is 1. The van der Waals surface area contributed by atoms with E-state index < -0.39 is 0 Å². The van der Waals surface area contributed by atoms with Crippen LogP contribution >= 0.6 is 22.7 Å². The van der Waals surface area contributed by atoms with Crippen LogP contribution in [0.1, 0.15) is 36.5 Å². The minimum atomic E-state index is -0.0238. The van der Waals surface area contributed by atoms with Gasteiger partial charge in [-0.25, -0.2) is 4.98 Å². The van der Waals surface area contributed by atoms with Crippen molar-refractivity contribution in [2.24, 2.45) is 0 Å². The molecule has 1 fully saturated rings. The molecular formula is C17H26N6OS2. The second-order valence-corrected chi connectivity index (χ2v) is 9.73. The van der Waals surface area contributed by atoms with Crippen molar-refractivity contribution in [1.82, 2.24) is 25.0 Å². The summed E-state index contributed by atoms with van der Waals surface area (Å²) in [4.78, 5) is 21.5. The Bertz CT molecular complexity index is 743. The van der Waals surface area contributed by atoms with E-state index in [2.05, 4.69) is 51.5 Å². The van der Waals surface area contributed by atoms with Crippen molar-refractivity contribution in [3.8, 4) is 0 Å². The van der Waals surface area contributed by atoms with Gasteiger partial charge in [0.25, 0.3) is 0 Å². The van der Waals surface area contributed by atoms with Gasteiger partial charge in [-0.3, -0.25) is 19.9 Å². The van der Waals surface area contributed by atoms with Crippen LogP contribution in [0.5, 0.6) is 0 Å². The fourth-order valence-electron chi connectivity index (χ4n) is 2.73. The molecule has 0 atom stereocenters. The first-order chi connectivity index (χ1) is 12.3. The number of hydrogen-bond acceptors (Lipinski definition) is 8. The van der Waals surface area contributed by atoms with E-state index >= 15 is 0 Å². The molecule has 9 heteroatoms. The first kappa shape index (κ1) is 19.3. The van der Waals surface area contributed by atoms with Crippen LogP contribution < -0.4 is 5.32 Å². The molecule has 2 aromatic heterocycles. The van der Waals surface area contributed by atoms with Gasteiger partial charge in [-0.1, -0.05) is 32.1 Å². The normalized spacial score (nSPS) is 16.8. The van der Waals surface area contributed by atoms with Crippen LogP contribution in [0.3, 0.4) is 0 Å². The Morgan fingerprint density at radius 1 is 1.19 bits per heavy atom. The third-order valence-electron chi connectivity index (χ3n) is 4.28. The van der Waals surface area contributed by atoms with E-state index in [1.807, 2.05) is 6.92 Å². The monoisotopic (exact) mass is 394 g/mol. The average Bonchev–Trinajstić information content (AvgIpc) is 3.18. The summed E-state index contributed by atoms with van der Waals surface area (Å²) in [5, 5.41) is 15.4. The van der Waals surface area contributed by atoms with Crippen molar-refractivity contribution >= 4 is 33.7 Å². The summed E-state index contributed by atoms with van der Waals surface area (Å²) in [5.41, 5.74) is 1.27. The molecule has 0 unspecified atom stereocenters. The number of hydrogen-bond donors (Lipinski definition) is 1. The molecule has 1 saturated heterocycles. The Labute approximate surface area is 162 Å². The van der Waals surface area contributed by atoms with E-state index in [9.17, 15) is 4.79 Å². The maximum Gasteiger partial charge on any atom is 0.240 e. The number of aromatic nitrogens is 3. The maximum absolute atomic E-state index is 12.1. The number of aryl methyl sites for hydroxylation is 1. The van der Waals surface area contributed by atoms with Gasteiger partial charge in [0, 0.05) is 37.0 Å². The third kappa shape index (κ3) is 5.29. The second kappa shape index (κ2) is 8.08. The number of carbonyl (C=O) groups is 1. The standard InChI is InChI=1S/C17H26N6OS2/c1-12-20-21-16(26-12)19-14(24)9-22-5-7-23(8-6-22)10-15-18-13(11-25-15)17(2,3)4/h11H,5-10H2,1-4H3,(H,19,21,24). The molecule has 1 aliphatic rings. The zero-order chi connectivity index (χ0) is 18.7. The predicted octanol–water partition coefficient (Wildman–Crippen LogP) is 2.36.